The number of halogens is 11. The van der Waals surface area contributed by atoms with Crippen LogP contribution in [0, 0.1) is 6.92 Å². The number of aliphatic carboxylic acids is 1. The summed E-state index contributed by atoms with van der Waals surface area (Å²) >= 11 is 28.7. The highest BCUT2D eigenvalue weighted by molar-refractivity contribution is 7.90. The molecule has 0 saturated heterocycles. The highest BCUT2D eigenvalue weighted by atomic mass is 35.5. The molecule has 1 N–H and O–H groups in total. The molecule has 1 aliphatic carbocycles. The second-order valence-corrected chi connectivity index (χ2v) is 23.4. The molecule has 0 spiro atoms. The van der Waals surface area contributed by atoms with E-state index in [9.17, 15) is 58.7 Å². The number of aromatic nitrogens is 1. The minimum Gasteiger partial charge on any atom is -0.489 e. The molecule has 28 heteroatoms. The number of anilines is 2. The molecular weight excluding hydrogens is 1270 g/mol. The van der Waals surface area contributed by atoms with Crippen LogP contribution in [-0.4, -0.2) is 104 Å². The first-order valence-electron chi connectivity index (χ1n) is 25.7. The Morgan fingerprint density at radius 3 is 2.06 bits per heavy atom. The van der Waals surface area contributed by atoms with Crippen LogP contribution in [0.15, 0.2) is 113 Å². The number of para-hydroxylation sites is 3. The highest BCUT2D eigenvalue weighted by Crippen LogP contribution is 2.43. The summed E-state index contributed by atoms with van der Waals surface area (Å²) in [5, 5.41) is 12.0. The maximum absolute atomic E-state index is 12.8. The monoisotopic (exact) mass is 1320 g/mol. The quantitative estimate of drug-likeness (QED) is 0.0414. The molecule has 0 radical (unpaired) electrons. The number of fused-ring (bicyclic) bond motifs is 1. The van der Waals surface area contributed by atoms with Crippen LogP contribution in [0.2, 0.25) is 10.0 Å². The van der Waals surface area contributed by atoms with Crippen LogP contribution in [0.1, 0.15) is 101 Å². The van der Waals surface area contributed by atoms with E-state index in [-0.39, 0.29) is 73.9 Å². The van der Waals surface area contributed by atoms with Crippen LogP contribution in [0.4, 0.5) is 37.7 Å². The second kappa shape index (κ2) is 30.3. The summed E-state index contributed by atoms with van der Waals surface area (Å²) in [5.74, 6) is -2.45. The molecule has 2 amide bonds. The number of nitrogens with zero attached hydrogens (tertiary/aromatic N) is 3. The number of hydrogen-bond acceptors (Lipinski definition) is 13. The molecule has 3 atom stereocenters. The van der Waals surface area contributed by atoms with E-state index in [2.05, 4.69) is 18.1 Å². The van der Waals surface area contributed by atoms with Gasteiger partial charge in [-0.15, -0.1) is 11.6 Å². The molecule has 1 aliphatic heterocycles. The number of rotatable bonds is 16. The summed E-state index contributed by atoms with van der Waals surface area (Å²) in [6, 6.07) is 21.7. The molecule has 6 aromatic rings. The minimum absolute atomic E-state index is 0.0223. The molecule has 86 heavy (non-hydrogen) atoms. The Kier molecular flexibility index (Phi) is 24.8. The van der Waals surface area contributed by atoms with Gasteiger partial charge in [0.1, 0.15) is 29.7 Å². The van der Waals surface area contributed by atoms with E-state index in [0.717, 1.165) is 79.2 Å². The van der Waals surface area contributed by atoms with E-state index in [0.29, 0.717) is 42.9 Å². The van der Waals surface area contributed by atoms with Crippen LogP contribution in [-0.2, 0) is 52.5 Å². The predicted molar refractivity (Wildman–Crippen MR) is 311 cm³/mol. The summed E-state index contributed by atoms with van der Waals surface area (Å²) in [6.45, 7) is 10.1. The lowest BCUT2D eigenvalue weighted by Gasteiger charge is -2.35. The van der Waals surface area contributed by atoms with Crippen molar-refractivity contribution in [2.24, 2.45) is 0 Å². The van der Waals surface area contributed by atoms with E-state index in [1.54, 1.807) is 16.9 Å². The fourth-order valence-corrected chi connectivity index (χ4v) is 10.00. The summed E-state index contributed by atoms with van der Waals surface area (Å²) in [6.07, 6.45) is -6.22. The summed E-state index contributed by atoms with van der Waals surface area (Å²) in [5.41, 5.74) is 1.44. The molecule has 2 aliphatic rings. The van der Waals surface area contributed by atoms with Gasteiger partial charge in [0.25, 0.3) is 5.91 Å². The van der Waals surface area contributed by atoms with Crippen molar-refractivity contribution in [2.75, 3.05) is 42.3 Å². The number of methoxy groups -OCH3 is 1. The van der Waals surface area contributed by atoms with E-state index in [1.165, 1.54) is 18.3 Å². The fourth-order valence-electron chi connectivity index (χ4n) is 8.35. The average molecular weight is 1330 g/mol. The molecule has 464 valence electrons. The van der Waals surface area contributed by atoms with Gasteiger partial charge in [0, 0.05) is 24.8 Å². The van der Waals surface area contributed by atoms with Gasteiger partial charge in [0.05, 0.1) is 73.5 Å². The number of alkyl halides is 9. The zero-order valence-electron chi connectivity index (χ0n) is 46.7. The number of hydrogen-bond donors (Lipinski definition) is 1. The third kappa shape index (κ3) is 18.5. The van der Waals surface area contributed by atoms with Crippen molar-refractivity contribution in [3.63, 3.8) is 0 Å². The van der Waals surface area contributed by atoms with Crippen molar-refractivity contribution in [1.82, 2.24) is 5.16 Å². The van der Waals surface area contributed by atoms with Gasteiger partial charge in [-0.1, -0.05) is 88.8 Å². The van der Waals surface area contributed by atoms with Crippen molar-refractivity contribution in [3.05, 3.63) is 158 Å². The largest absolute Gasteiger partial charge is 0.489 e. The summed E-state index contributed by atoms with van der Waals surface area (Å²) < 4.78 is 126. The van der Waals surface area contributed by atoms with Gasteiger partial charge in [0.2, 0.25) is 5.91 Å². The molecule has 1 fully saturated rings. The first kappa shape index (κ1) is 70.2. The number of esters is 1. The number of carbonyl (C=O) groups is 5. The molecule has 0 bridgehead atoms. The number of sulfone groups is 1. The van der Waals surface area contributed by atoms with Gasteiger partial charge in [0.15, 0.2) is 32.3 Å². The van der Waals surface area contributed by atoms with Crippen LogP contribution < -0.4 is 19.3 Å². The Balaban J connectivity index is 0.000000213. The number of aryl methyl sites for hydroxylation is 2. The maximum atomic E-state index is 12.8. The van der Waals surface area contributed by atoms with Crippen molar-refractivity contribution in [1.29, 1.82) is 0 Å². The Morgan fingerprint density at radius 2 is 1.49 bits per heavy atom. The fraction of sp³-hybridized carbons (Fsp3) is 0.345. The van der Waals surface area contributed by atoms with Crippen molar-refractivity contribution < 1.29 is 87.3 Å². The number of amides is 2. The van der Waals surface area contributed by atoms with E-state index in [1.807, 2.05) is 57.2 Å². The first-order valence-corrected chi connectivity index (χ1v) is 29.8. The van der Waals surface area contributed by atoms with Crippen molar-refractivity contribution in [2.45, 2.75) is 100 Å². The zero-order valence-corrected chi connectivity index (χ0v) is 51.3. The standard InChI is InChI=1S/C17H11Cl2F3O5.C15H22ClNO2.C15H12F3NO4S.C11H11Cl2NO2/c1-8(15(23)24)26-16(25)11-7-10(3-4-12(11)18)27-14-5-2-9(6-13(14)19)17(20,21)22;1-5-13-8-6-7-11(2)15(13)17(14(18)9-16)12(3)10-19-4;1-24(21,22)12-6-9(15(16,17)18)4-5-10(12)13(20)11-7-19-23-14(11)8-2-3-8;1-7-6-16-9-5-3-2-4-8(9)14(7)11(15)10(12)13/h2-8H,1H3,(H,23,24);6-8,12H,5,9-10H2,1-4H3;4-8H,2-3H2,1H3;2-5,7,10H,6H2,1H3/t8-;;;/m0.../s1. The summed E-state index contributed by atoms with van der Waals surface area (Å²) in [7, 11) is -2.40. The second-order valence-electron chi connectivity index (χ2n) is 19.2. The molecule has 8 rings (SSSR count). The van der Waals surface area contributed by atoms with Gasteiger partial charge < -0.3 is 38.4 Å². The Hall–Kier alpha value is -6.60. The van der Waals surface area contributed by atoms with Crippen molar-refractivity contribution >= 4 is 109 Å². The van der Waals surface area contributed by atoms with Gasteiger partial charge in [-0.3, -0.25) is 14.4 Å². The number of carboxylic acid groups (broad SMARTS) is 1. The molecule has 1 aromatic heterocycles. The van der Waals surface area contributed by atoms with Crippen LogP contribution in [0.25, 0.3) is 0 Å². The normalized spacial score (nSPS) is 14.5. The van der Waals surface area contributed by atoms with E-state index in [4.69, 9.17) is 86.6 Å². The number of carboxylic acids is 1. The zero-order chi connectivity index (χ0) is 64.2. The van der Waals surface area contributed by atoms with Crippen LogP contribution in [0.3, 0.4) is 0 Å². The number of ketones is 1. The lowest BCUT2D eigenvalue weighted by atomic mass is 10.0. The molecule has 5 aromatic carbocycles. The lowest BCUT2D eigenvalue weighted by Crippen LogP contribution is -2.47. The van der Waals surface area contributed by atoms with Crippen LogP contribution in [0.5, 0.6) is 17.2 Å². The average Bonchev–Trinajstić information content (AvgIpc) is 1.77. The third-order valence-electron chi connectivity index (χ3n) is 12.7. The number of ether oxygens (including phenoxy) is 4. The van der Waals surface area contributed by atoms with Crippen molar-refractivity contribution in [3.8, 4) is 17.2 Å². The Labute approximate surface area is 516 Å². The number of benzene rings is 5. The topological polar surface area (TPSA) is 209 Å². The Morgan fingerprint density at radius 1 is 0.849 bits per heavy atom. The Bertz CT molecular complexity index is 3530. The number of carbonyl (C=O) groups excluding carboxylic acids is 4. The smallest absolute Gasteiger partial charge is 0.416 e. The van der Waals surface area contributed by atoms with Gasteiger partial charge in [-0.25, -0.2) is 18.0 Å². The van der Waals surface area contributed by atoms with Gasteiger partial charge in [-0.2, -0.15) is 26.3 Å². The lowest BCUT2D eigenvalue weighted by molar-refractivity contribution is -0.146. The van der Waals surface area contributed by atoms with Gasteiger partial charge in [-0.05, 0) is 125 Å². The first-order chi connectivity index (χ1) is 40.2. The van der Waals surface area contributed by atoms with E-state index >= 15 is 0 Å². The minimum atomic E-state index is -4.71. The molecule has 16 nitrogen and oxygen atoms in total. The predicted octanol–water partition coefficient (Wildman–Crippen LogP) is 14.4. The summed E-state index contributed by atoms with van der Waals surface area (Å²) in [4.78, 5) is 61.1. The maximum Gasteiger partial charge on any atom is 0.416 e. The highest BCUT2D eigenvalue weighted by Gasteiger charge is 2.37. The van der Waals surface area contributed by atoms with Crippen LogP contribution >= 0.6 is 58.0 Å². The molecule has 2 heterocycles. The SMILES string of the molecule is CC1COc2ccccc2N1C(=O)C(Cl)Cl.CCc1cccc(C)c1N(C(=O)CCl)C(C)COC.CS(=O)(=O)c1cc(C(F)(F)F)ccc1C(=O)c1cnoc1C1CC1.C[C@H](OC(=O)c1cc(Oc2ccc(C(F)(F)F)cc2Cl)ccc1Cl)C(=O)O. The van der Waals surface area contributed by atoms with E-state index < -0.39 is 66.9 Å². The third-order valence-corrected chi connectivity index (χ3v) is 15.0. The molecular formula is C58H56Cl5F6N3O13S. The van der Waals surface area contributed by atoms with Gasteiger partial charge >= 0.3 is 24.3 Å². The molecule has 2 unspecified atom stereocenters. The molecule has 1 saturated carbocycles.